The molecule has 21 heavy (non-hydrogen) atoms. The van der Waals surface area contributed by atoms with Crippen LogP contribution >= 0.6 is 35.8 Å². The van der Waals surface area contributed by atoms with E-state index in [4.69, 9.17) is 11.6 Å². The molecule has 0 aliphatic heterocycles. The Balaban J connectivity index is 0.00000220. The van der Waals surface area contributed by atoms with Crippen molar-refractivity contribution in [1.29, 1.82) is 0 Å². The molecule has 2 aromatic rings. The van der Waals surface area contributed by atoms with E-state index in [1.807, 2.05) is 30.3 Å². The number of aliphatic hydroxyl groups excluding tert-OH is 1. The Morgan fingerprint density at radius 2 is 1.71 bits per heavy atom. The Bertz CT molecular complexity index is 590. The van der Waals surface area contributed by atoms with Gasteiger partial charge in [0.1, 0.15) is 0 Å². The predicted octanol–water partition coefficient (Wildman–Crippen LogP) is 4.47. The summed E-state index contributed by atoms with van der Waals surface area (Å²) in [6, 6.07) is 13.9. The summed E-state index contributed by atoms with van der Waals surface area (Å²) in [5.74, 6) is 0. The molecule has 2 nitrogen and oxygen atoms in total. The Kier molecular flexibility index (Phi) is 7.57. The molecule has 0 aromatic heterocycles. The van der Waals surface area contributed by atoms with Crippen LogP contribution in [0.4, 0.5) is 0 Å². The number of hydrogen-bond acceptors (Lipinski definition) is 3. The molecule has 2 aromatic carbocycles. The molecule has 0 aliphatic rings. The molecule has 0 bridgehead atoms. The van der Waals surface area contributed by atoms with Gasteiger partial charge >= 0.3 is 0 Å². The molecule has 0 fully saturated rings. The van der Waals surface area contributed by atoms with Gasteiger partial charge in [-0.05, 0) is 37.4 Å². The van der Waals surface area contributed by atoms with E-state index in [1.165, 1.54) is 10.5 Å². The molecule has 0 aliphatic carbocycles. The highest BCUT2D eigenvalue weighted by atomic mass is 35.5. The summed E-state index contributed by atoms with van der Waals surface area (Å²) in [6.45, 7) is 0.876. The number of benzene rings is 2. The topological polar surface area (TPSA) is 23.5 Å². The van der Waals surface area contributed by atoms with Gasteiger partial charge in [0.2, 0.25) is 0 Å². The summed E-state index contributed by atoms with van der Waals surface area (Å²) < 4.78 is 0. The molecule has 0 unspecified atom stereocenters. The molecular weight excluding hydrogens is 325 g/mol. The Morgan fingerprint density at radius 1 is 1.05 bits per heavy atom. The first-order valence-electron chi connectivity index (χ1n) is 6.40. The van der Waals surface area contributed by atoms with E-state index in [0.717, 1.165) is 17.0 Å². The first kappa shape index (κ1) is 18.3. The van der Waals surface area contributed by atoms with Crippen LogP contribution in [0.5, 0.6) is 0 Å². The van der Waals surface area contributed by atoms with Crippen LogP contribution in [0.15, 0.2) is 52.3 Å². The standard InChI is InChI=1S/C16H18ClNOS.ClH/c1-18(2)10-12-6-3-4-9-15(12)20-16-13(11-19)7-5-8-14(16)17;/h3-9,19H,10-11H2,1-2H3;1H. The SMILES string of the molecule is CN(C)Cc1ccccc1Sc1c(Cl)cccc1CO.Cl. The van der Waals surface area contributed by atoms with Gasteiger partial charge < -0.3 is 10.0 Å². The summed E-state index contributed by atoms with van der Waals surface area (Å²) in [5.41, 5.74) is 2.12. The van der Waals surface area contributed by atoms with Gasteiger partial charge in [-0.1, -0.05) is 53.7 Å². The average Bonchev–Trinajstić information content (AvgIpc) is 2.42. The average molecular weight is 344 g/mol. The lowest BCUT2D eigenvalue weighted by atomic mass is 10.2. The number of hydrogen-bond donors (Lipinski definition) is 1. The Hall–Kier alpha value is -0.710. The predicted molar refractivity (Wildman–Crippen MR) is 92.6 cm³/mol. The van der Waals surface area contributed by atoms with Crippen molar-refractivity contribution in [2.45, 2.75) is 22.9 Å². The molecular formula is C16H19Cl2NOS. The lowest BCUT2D eigenvalue weighted by Gasteiger charge is -2.15. The van der Waals surface area contributed by atoms with Gasteiger partial charge in [-0.3, -0.25) is 0 Å². The van der Waals surface area contributed by atoms with Crippen molar-refractivity contribution in [2.24, 2.45) is 0 Å². The van der Waals surface area contributed by atoms with Crippen molar-refractivity contribution in [1.82, 2.24) is 4.90 Å². The van der Waals surface area contributed by atoms with Crippen molar-refractivity contribution in [3.8, 4) is 0 Å². The van der Waals surface area contributed by atoms with Crippen LogP contribution in [0.2, 0.25) is 5.02 Å². The van der Waals surface area contributed by atoms with E-state index >= 15 is 0 Å². The molecule has 0 spiro atoms. The van der Waals surface area contributed by atoms with Crippen molar-refractivity contribution in [3.05, 3.63) is 58.6 Å². The van der Waals surface area contributed by atoms with Crippen LogP contribution in [0.25, 0.3) is 0 Å². The summed E-state index contributed by atoms with van der Waals surface area (Å²) >= 11 is 7.89. The summed E-state index contributed by atoms with van der Waals surface area (Å²) in [7, 11) is 4.10. The maximum absolute atomic E-state index is 9.46. The van der Waals surface area contributed by atoms with Crippen LogP contribution in [0, 0.1) is 0 Å². The van der Waals surface area contributed by atoms with Gasteiger partial charge in [0.15, 0.2) is 0 Å². The summed E-state index contributed by atoms with van der Waals surface area (Å²) in [6.07, 6.45) is 0. The van der Waals surface area contributed by atoms with E-state index < -0.39 is 0 Å². The van der Waals surface area contributed by atoms with Gasteiger partial charge in [0.25, 0.3) is 0 Å². The molecule has 2 rings (SSSR count). The maximum atomic E-state index is 9.46. The monoisotopic (exact) mass is 343 g/mol. The molecule has 114 valence electrons. The van der Waals surface area contributed by atoms with Gasteiger partial charge in [-0.15, -0.1) is 12.4 Å². The van der Waals surface area contributed by atoms with Crippen molar-refractivity contribution < 1.29 is 5.11 Å². The molecule has 0 saturated carbocycles. The van der Waals surface area contributed by atoms with Crippen LogP contribution in [0.1, 0.15) is 11.1 Å². The van der Waals surface area contributed by atoms with Crippen LogP contribution in [0.3, 0.4) is 0 Å². The summed E-state index contributed by atoms with van der Waals surface area (Å²) in [4.78, 5) is 4.24. The van der Waals surface area contributed by atoms with E-state index in [2.05, 4.69) is 31.1 Å². The molecule has 1 N–H and O–H groups in total. The van der Waals surface area contributed by atoms with Gasteiger partial charge in [0.05, 0.1) is 11.6 Å². The quantitative estimate of drug-likeness (QED) is 0.866. The first-order valence-corrected chi connectivity index (χ1v) is 7.60. The van der Waals surface area contributed by atoms with E-state index in [1.54, 1.807) is 11.8 Å². The smallest absolute Gasteiger partial charge is 0.0693 e. The van der Waals surface area contributed by atoms with Gasteiger partial charge in [0, 0.05) is 16.3 Å². The van der Waals surface area contributed by atoms with E-state index in [0.29, 0.717) is 5.02 Å². The first-order chi connectivity index (χ1) is 9.61. The highest BCUT2D eigenvalue weighted by Crippen LogP contribution is 2.37. The zero-order valence-electron chi connectivity index (χ0n) is 12.0. The Morgan fingerprint density at radius 3 is 2.38 bits per heavy atom. The highest BCUT2D eigenvalue weighted by Gasteiger charge is 2.11. The van der Waals surface area contributed by atoms with Gasteiger partial charge in [-0.25, -0.2) is 0 Å². The van der Waals surface area contributed by atoms with Gasteiger partial charge in [-0.2, -0.15) is 0 Å². The zero-order chi connectivity index (χ0) is 14.5. The van der Waals surface area contributed by atoms with Crippen molar-refractivity contribution in [2.75, 3.05) is 14.1 Å². The minimum atomic E-state index is -0.00125. The third kappa shape index (κ3) is 4.90. The lowest BCUT2D eigenvalue weighted by molar-refractivity contribution is 0.279. The number of nitrogens with zero attached hydrogens (tertiary/aromatic N) is 1. The maximum Gasteiger partial charge on any atom is 0.0693 e. The van der Waals surface area contributed by atoms with Crippen molar-refractivity contribution >= 4 is 35.8 Å². The zero-order valence-corrected chi connectivity index (χ0v) is 14.4. The van der Waals surface area contributed by atoms with Crippen LogP contribution < -0.4 is 0 Å². The fourth-order valence-electron chi connectivity index (χ4n) is 1.98. The van der Waals surface area contributed by atoms with Crippen LogP contribution in [-0.2, 0) is 13.2 Å². The third-order valence-electron chi connectivity index (χ3n) is 2.89. The van der Waals surface area contributed by atoms with E-state index in [-0.39, 0.29) is 19.0 Å². The van der Waals surface area contributed by atoms with Crippen molar-refractivity contribution in [3.63, 3.8) is 0 Å². The summed E-state index contributed by atoms with van der Waals surface area (Å²) in [5, 5.41) is 10.1. The highest BCUT2D eigenvalue weighted by molar-refractivity contribution is 7.99. The van der Waals surface area contributed by atoms with Crippen LogP contribution in [-0.4, -0.2) is 24.1 Å². The second-order valence-corrected chi connectivity index (χ2v) is 6.29. The molecule has 0 radical (unpaired) electrons. The second kappa shape index (κ2) is 8.66. The minimum Gasteiger partial charge on any atom is -0.392 e. The molecule has 0 atom stereocenters. The fraction of sp³-hybridized carbons (Fsp3) is 0.250. The number of halogens is 2. The molecule has 0 heterocycles. The molecule has 0 saturated heterocycles. The fourth-order valence-corrected chi connectivity index (χ4v) is 3.35. The third-order valence-corrected chi connectivity index (χ3v) is 4.62. The molecule has 5 heteroatoms. The lowest BCUT2D eigenvalue weighted by Crippen LogP contribution is -2.11. The van der Waals surface area contributed by atoms with E-state index in [9.17, 15) is 5.11 Å². The number of aliphatic hydroxyl groups is 1. The number of rotatable bonds is 5. The molecule has 0 amide bonds. The minimum absolute atomic E-state index is 0. The second-order valence-electron chi connectivity index (χ2n) is 4.83. The normalized spacial score (nSPS) is 10.5. The Labute approximate surface area is 141 Å². The largest absolute Gasteiger partial charge is 0.392 e.